The summed E-state index contributed by atoms with van der Waals surface area (Å²) in [5, 5.41) is 11.7. The lowest BCUT2D eigenvalue weighted by molar-refractivity contribution is -0.0437. The van der Waals surface area contributed by atoms with Gasteiger partial charge in [0, 0.05) is 12.1 Å². The molecule has 0 saturated carbocycles. The van der Waals surface area contributed by atoms with Gasteiger partial charge in [-0.2, -0.15) is 13.2 Å². The van der Waals surface area contributed by atoms with Crippen LogP contribution in [0, 0.1) is 0 Å². The summed E-state index contributed by atoms with van der Waals surface area (Å²) in [6.07, 6.45) is 0. The van der Waals surface area contributed by atoms with Crippen molar-refractivity contribution in [1.29, 1.82) is 0 Å². The van der Waals surface area contributed by atoms with Gasteiger partial charge in [-0.1, -0.05) is 12.1 Å². The van der Waals surface area contributed by atoms with E-state index in [1.165, 1.54) is 32.4 Å². The number of hydrogen-bond donors (Lipinski definition) is 2. The van der Waals surface area contributed by atoms with E-state index in [1.54, 1.807) is 18.2 Å². The number of methoxy groups -OCH3 is 2. The Labute approximate surface area is 204 Å². The Morgan fingerprint density at radius 1 is 1.00 bits per heavy atom. The van der Waals surface area contributed by atoms with Crippen LogP contribution in [0.4, 0.5) is 24.7 Å². The van der Waals surface area contributed by atoms with E-state index in [2.05, 4.69) is 15.3 Å². The molecule has 0 bridgehead atoms. The first-order chi connectivity index (χ1) is 17.1. The van der Waals surface area contributed by atoms with Crippen molar-refractivity contribution in [2.24, 2.45) is 0 Å². The van der Waals surface area contributed by atoms with Crippen molar-refractivity contribution in [2.45, 2.75) is 11.3 Å². The van der Waals surface area contributed by atoms with Crippen LogP contribution in [0.5, 0.6) is 17.2 Å². The van der Waals surface area contributed by atoms with Crippen molar-refractivity contribution in [3.63, 3.8) is 0 Å². The molecule has 0 unspecified atom stereocenters. The molecule has 0 fully saturated rings. The van der Waals surface area contributed by atoms with E-state index in [4.69, 9.17) is 24.1 Å². The van der Waals surface area contributed by atoms with E-state index in [0.29, 0.717) is 11.3 Å². The van der Waals surface area contributed by atoms with Crippen molar-refractivity contribution in [1.82, 2.24) is 9.97 Å². The maximum Gasteiger partial charge on any atom is 0.497 e. The fourth-order valence-electron chi connectivity index (χ4n) is 3.08. The molecule has 0 spiro atoms. The van der Waals surface area contributed by atoms with Gasteiger partial charge in [-0.15, -0.1) is 0 Å². The number of anilines is 2. The lowest BCUT2D eigenvalue weighted by Gasteiger charge is -2.19. The molecule has 0 aliphatic heterocycles. The van der Waals surface area contributed by atoms with Crippen molar-refractivity contribution < 1.29 is 45.6 Å². The molecule has 2 aromatic carbocycles. The van der Waals surface area contributed by atoms with E-state index in [0.717, 1.165) is 0 Å². The molecule has 0 aliphatic rings. The first kappa shape index (κ1) is 27.2. The molecule has 1 heterocycles. The third-order valence-electron chi connectivity index (χ3n) is 4.77. The number of hydrogen-bond acceptors (Lipinski definition) is 10. The Morgan fingerprint density at radius 2 is 1.69 bits per heavy atom. The zero-order chi connectivity index (χ0) is 26.3. The molecule has 3 rings (SSSR count). The molecule has 36 heavy (non-hydrogen) atoms. The van der Waals surface area contributed by atoms with Gasteiger partial charge in [0.1, 0.15) is 18.1 Å². The number of ether oxygens (including phenoxy) is 4. The quantitative estimate of drug-likeness (QED) is 0.336. The number of halogens is 3. The van der Waals surface area contributed by atoms with Crippen LogP contribution in [0.25, 0.3) is 11.0 Å². The number of sulfone groups is 1. The number of aliphatic hydroxyl groups excluding tert-OH is 1. The third kappa shape index (κ3) is 6.44. The van der Waals surface area contributed by atoms with Crippen molar-refractivity contribution >= 4 is 32.4 Å². The highest BCUT2D eigenvalue weighted by Gasteiger charge is 2.46. The molecule has 0 radical (unpaired) electrons. The summed E-state index contributed by atoms with van der Waals surface area (Å²) < 4.78 is 84.9. The minimum Gasteiger partial charge on any atom is -0.497 e. The van der Waals surface area contributed by atoms with Crippen molar-refractivity contribution in [3.8, 4) is 17.2 Å². The molecule has 1 aromatic heterocycles. The zero-order valence-corrected chi connectivity index (χ0v) is 20.1. The molecule has 3 aromatic rings. The molecule has 0 amide bonds. The van der Waals surface area contributed by atoms with Crippen molar-refractivity contribution in [2.75, 3.05) is 46.0 Å². The number of fused-ring (bicyclic) bond motifs is 1. The van der Waals surface area contributed by atoms with Gasteiger partial charge in [-0.05, 0) is 12.1 Å². The van der Waals surface area contributed by atoms with Crippen LogP contribution in [0.2, 0.25) is 0 Å². The van der Waals surface area contributed by atoms with Crippen LogP contribution in [0.1, 0.15) is 5.69 Å². The number of nitrogens with zero attached hydrogens (tertiary/aromatic N) is 2. The topological polar surface area (TPSA) is 129 Å². The first-order valence-corrected chi connectivity index (χ1v) is 12.1. The predicted molar refractivity (Wildman–Crippen MR) is 124 cm³/mol. The summed E-state index contributed by atoms with van der Waals surface area (Å²) in [5.41, 5.74) is -5.20. The molecular weight excluding hydrogens is 507 g/mol. The van der Waals surface area contributed by atoms with Crippen LogP contribution in [-0.4, -0.2) is 69.6 Å². The molecule has 2 N–H and O–H groups in total. The standard InChI is InChI=1S/C22H24F3N3O7S/c1-32-14-11-17(20(19(12-14)33-2)35-10-9-34-8-7-29)28-21-18(13-36(30,31)22(23,24)25)26-15-5-3-4-6-16(15)27-21/h3-6,11-12,29H,7-10,13H2,1-2H3,(H,27,28). The maximum atomic E-state index is 13.1. The molecule has 14 heteroatoms. The van der Waals surface area contributed by atoms with Gasteiger partial charge < -0.3 is 29.4 Å². The van der Waals surface area contributed by atoms with Crippen LogP contribution >= 0.6 is 0 Å². The number of nitrogens with one attached hydrogen (secondary N) is 1. The summed E-state index contributed by atoms with van der Waals surface area (Å²) in [4.78, 5) is 8.44. The Hall–Kier alpha value is -3.36. The van der Waals surface area contributed by atoms with Crippen molar-refractivity contribution in [3.05, 3.63) is 42.1 Å². The second-order valence-corrected chi connectivity index (χ2v) is 9.21. The predicted octanol–water partition coefficient (Wildman–Crippen LogP) is 3.21. The minimum absolute atomic E-state index is 0.0378. The highest BCUT2D eigenvalue weighted by molar-refractivity contribution is 7.91. The summed E-state index contributed by atoms with van der Waals surface area (Å²) in [6.45, 7) is 0.108. The molecule has 10 nitrogen and oxygen atoms in total. The fourth-order valence-corrected chi connectivity index (χ4v) is 3.81. The SMILES string of the molecule is COc1cc(Nc2nc3ccccc3nc2CS(=O)(=O)C(F)(F)F)c(OCCOCCO)c(OC)c1. The van der Waals surface area contributed by atoms with E-state index in [1.807, 2.05) is 0 Å². The van der Waals surface area contributed by atoms with Gasteiger partial charge in [0.2, 0.25) is 0 Å². The lowest BCUT2D eigenvalue weighted by atomic mass is 10.2. The molecule has 0 atom stereocenters. The lowest BCUT2D eigenvalue weighted by Crippen LogP contribution is -2.25. The molecular formula is C22H24F3N3O7S. The van der Waals surface area contributed by atoms with Gasteiger partial charge in [0.05, 0.1) is 56.5 Å². The fraction of sp³-hybridized carbons (Fsp3) is 0.364. The van der Waals surface area contributed by atoms with E-state index in [-0.39, 0.29) is 54.9 Å². The number of aliphatic hydroxyl groups is 1. The monoisotopic (exact) mass is 531 g/mol. The Balaban J connectivity index is 2.08. The van der Waals surface area contributed by atoms with Crippen LogP contribution in [-0.2, 0) is 20.3 Å². The van der Waals surface area contributed by atoms with Gasteiger partial charge >= 0.3 is 5.51 Å². The van der Waals surface area contributed by atoms with Gasteiger partial charge in [-0.25, -0.2) is 18.4 Å². The number of aromatic nitrogens is 2. The smallest absolute Gasteiger partial charge is 0.497 e. The Morgan fingerprint density at radius 3 is 2.31 bits per heavy atom. The van der Waals surface area contributed by atoms with Crippen LogP contribution in [0.15, 0.2) is 36.4 Å². The normalized spacial score (nSPS) is 11.9. The largest absolute Gasteiger partial charge is 0.497 e. The number of rotatable bonds is 12. The van der Waals surface area contributed by atoms with Gasteiger partial charge in [0.15, 0.2) is 17.3 Å². The molecule has 0 saturated heterocycles. The van der Waals surface area contributed by atoms with E-state index < -0.39 is 26.8 Å². The second kappa shape index (κ2) is 11.6. The Kier molecular flexibility index (Phi) is 8.76. The first-order valence-electron chi connectivity index (χ1n) is 10.5. The zero-order valence-electron chi connectivity index (χ0n) is 19.3. The summed E-state index contributed by atoms with van der Waals surface area (Å²) >= 11 is 0. The second-order valence-electron chi connectivity index (χ2n) is 7.23. The average Bonchev–Trinajstić information content (AvgIpc) is 2.83. The number of benzene rings is 2. The highest BCUT2D eigenvalue weighted by Crippen LogP contribution is 2.41. The van der Waals surface area contributed by atoms with Gasteiger partial charge in [0.25, 0.3) is 9.84 Å². The van der Waals surface area contributed by atoms with Gasteiger partial charge in [-0.3, -0.25) is 0 Å². The van der Waals surface area contributed by atoms with E-state index >= 15 is 0 Å². The number of alkyl halides is 3. The Bertz CT molecular complexity index is 1300. The summed E-state index contributed by atoms with van der Waals surface area (Å²) in [6, 6.07) is 9.34. The van der Waals surface area contributed by atoms with Crippen LogP contribution in [0.3, 0.4) is 0 Å². The molecule has 0 aliphatic carbocycles. The van der Waals surface area contributed by atoms with Crippen LogP contribution < -0.4 is 19.5 Å². The average molecular weight is 532 g/mol. The minimum atomic E-state index is -5.55. The maximum absolute atomic E-state index is 13.1. The third-order valence-corrected chi connectivity index (χ3v) is 6.13. The number of para-hydroxylation sites is 2. The highest BCUT2D eigenvalue weighted by atomic mass is 32.2. The summed E-state index contributed by atoms with van der Waals surface area (Å²) in [5.74, 6) is -0.972. The van der Waals surface area contributed by atoms with E-state index in [9.17, 15) is 21.6 Å². The summed E-state index contributed by atoms with van der Waals surface area (Å²) in [7, 11) is -2.77. The molecule has 196 valence electrons.